The summed E-state index contributed by atoms with van der Waals surface area (Å²) in [4.78, 5) is 6.75. The van der Waals surface area contributed by atoms with Crippen molar-refractivity contribution < 1.29 is 0 Å². The lowest BCUT2D eigenvalue weighted by Crippen LogP contribution is -2.27. The van der Waals surface area contributed by atoms with Gasteiger partial charge in [-0.15, -0.1) is 11.3 Å². The van der Waals surface area contributed by atoms with Gasteiger partial charge < -0.3 is 5.73 Å². The highest BCUT2D eigenvalue weighted by atomic mass is 32.1. The van der Waals surface area contributed by atoms with Gasteiger partial charge in [0.05, 0.1) is 5.69 Å². The predicted molar refractivity (Wildman–Crippen MR) is 61.2 cm³/mol. The summed E-state index contributed by atoms with van der Waals surface area (Å²) in [7, 11) is 2.13. The molecule has 3 nitrogen and oxygen atoms in total. The molecule has 0 bridgehead atoms. The summed E-state index contributed by atoms with van der Waals surface area (Å²) in [5, 5.41) is 3.12. The maximum atomic E-state index is 5.51. The van der Waals surface area contributed by atoms with Gasteiger partial charge in [-0.3, -0.25) is 4.90 Å². The molecule has 1 aromatic heterocycles. The molecule has 0 aliphatic rings. The zero-order chi connectivity index (χ0) is 10.6. The molecule has 14 heavy (non-hydrogen) atoms. The highest BCUT2D eigenvalue weighted by Crippen LogP contribution is 2.12. The molecule has 80 valence electrons. The molecule has 1 rings (SSSR count). The first-order chi connectivity index (χ1) is 6.67. The van der Waals surface area contributed by atoms with Gasteiger partial charge in [0.15, 0.2) is 0 Å². The lowest BCUT2D eigenvalue weighted by atomic mass is 10.2. The highest BCUT2D eigenvalue weighted by molar-refractivity contribution is 7.09. The molecule has 0 aliphatic heterocycles. The van der Waals surface area contributed by atoms with Crippen LogP contribution in [0.25, 0.3) is 0 Å². The smallest absolute Gasteiger partial charge is 0.106 e. The molecule has 0 fully saturated rings. The van der Waals surface area contributed by atoms with Gasteiger partial charge in [0.2, 0.25) is 0 Å². The van der Waals surface area contributed by atoms with Crippen LogP contribution < -0.4 is 5.73 Å². The molecular formula is C10H19N3S. The number of thiazole rings is 1. The molecule has 0 radical (unpaired) electrons. The van der Waals surface area contributed by atoms with Crippen LogP contribution in [0.2, 0.25) is 0 Å². The Morgan fingerprint density at radius 3 is 2.86 bits per heavy atom. The molecule has 0 aliphatic carbocycles. The molecule has 1 unspecified atom stereocenters. The van der Waals surface area contributed by atoms with Crippen molar-refractivity contribution in [1.82, 2.24) is 9.88 Å². The highest BCUT2D eigenvalue weighted by Gasteiger charge is 2.09. The maximum absolute atomic E-state index is 5.51. The summed E-state index contributed by atoms with van der Waals surface area (Å²) in [6.45, 7) is 5.91. The van der Waals surface area contributed by atoms with Crippen LogP contribution in [0.4, 0.5) is 0 Å². The molecule has 0 saturated heterocycles. The van der Waals surface area contributed by atoms with Gasteiger partial charge in [0.1, 0.15) is 5.01 Å². The minimum atomic E-state index is 0.553. The molecule has 0 amide bonds. The summed E-state index contributed by atoms with van der Waals surface area (Å²) < 4.78 is 0. The number of nitrogens with two attached hydrogens (primary N) is 1. The number of hydrogen-bond donors (Lipinski definition) is 1. The standard InChI is InChI=1S/C10H19N3S/c1-4-8(2)13(3)6-9-7-14-10(5-11)12-9/h7-8H,4-6,11H2,1-3H3. The van der Waals surface area contributed by atoms with Gasteiger partial charge in [0, 0.05) is 24.5 Å². The zero-order valence-electron chi connectivity index (χ0n) is 9.16. The average Bonchev–Trinajstić information content (AvgIpc) is 2.64. The van der Waals surface area contributed by atoms with Crippen molar-refractivity contribution in [2.24, 2.45) is 5.73 Å². The largest absolute Gasteiger partial charge is 0.325 e. The van der Waals surface area contributed by atoms with Crippen molar-refractivity contribution in [2.45, 2.75) is 39.4 Å². The summed E-state index contributed by atoms with van der Waals surface area (Å²) in [6.07, 6.45) is 1.17. The van der Waals surface area contributed by atoms with E-state index in [0.717, 1.165) is 17.2 Å². The lowest BCUT2D eigenvalue weighted by molar-refractivity contribution is 0.241. The summed E-state index contributed by atoms with van der Waals surface area (Å²) in [6, 6.07) is 0.609. The average molecular weight is 213 g/mol. The number of aromatic nitrogens is 1. The van der Waals surface area contributed by atoms with Crippen LogP contribution in [0.15, 0.2) is 5.38 Å². The first kappa shape index (κ1) is 11.6. The van der Waals surface area contributed by atoms with Gasteiger partial charge in [-0.25, -0.2) is 4.98 Å². The molecule has 1 heterocycles. The second kappa shape index (κ2) is 5.44. The third-order valence-corrected chi connectivity index (χ3v) is 3.45. The van der Waals surface area contributed by atoms with E-state index in [9.17, 15) is 0 Å². The second-order valence-corrected chi connectivity index (χ2v) is 4.55. The summed E-state index contributed by atoms with van der Waals surface area (Å²) >= 11 is 1.65. The fourth-order valence-electron chi connectivity index (χ4n) is 1.24. The van der Waals surface area contributed by atoms with Crippen LogP contribution in [0, 0.1) is 0 Å². The van der Waals surface area contributed by atoms with E-state index in [0.29, 0.717) is 12.6 Å². The number of nitrogens with zero attached hydrogens (tertiary/aromatic N) is 2. The van der Waals surface area contributed by atoms with Crippen LogP contribution in [0.3, 0.4) is 0 Å². The van der Waals surface area contributed by atoms with E-state index < -0.39 is 0 Å². The second-order valence-electron chi connectivity index (χ2n) is 3.61. The predicted octanol–water partition coefficient (Wildman–Crippen LogP) is 1.83. The fourth-order valence-corrected chi connectivity index (χ4v) is 1.90. The molecular weight excluding hydrogens is 194 g/mol. The van der Waals surface area contributed by atoms with Crippen LogP contribution in [0.1, 0.15) is 31.0 Å². The SMILES string of the molecule is CCC(C)N(C)Cc1csc(CN)n1. The van der Waals surface area contributed by atoms with Crippen molar-refractivity contribution in [1.29, 1.82) is 0 Å². The minimum absolute atomic E-state index is 0.553. The van der Waals surface area contributed by atoms with Gasteiger partial charge in [-0.2, -0.15) is 0 Å². The van der Waals surface area contributed by atoms with Gasteiger partial charge >= 0.3 is 0 Å². The molecule has 0 aromatic carbocycles. The Hall–Kier alpha value is -0.450. The van der Waals surface area contributed by atoms with Gasteiger partial charge in [-0.1, -0.05) is 6.92 Å². The van der Waals surface area contributed by atoms with Crippen molar-refractivity contribution in [3.63, 3.8) is 0 Å². The Balaban J connectivity index is 2.51. The van der Waals surface area contributed by atoms with E-state index in [1.54, 1.807) is 11.3 Å². The first-order valence-corrected chi connectivity index (χ1v) is 5.89. The van der Waals surface area contributed by atoms with E-state index >= 15 is 0 Å². The number of rotatable bonds is 5. The minimum Gasteiger partial charge on any atom is -0.325 e. The third kappa shape index (κ3) is 3.04. The summed E-state index contributed by atoms with van der Waals surface area (Å²) in [5.74, 6) is 0. The lowest BCUT2D eigenvalue weighted by Gasteiger charge is -2.22. The van der Waals surface area contributed by atoms with Crippen LogP contribution >= 0.6 is 11.3 Å². The van der Waals surface area contributed by atoms with Crippen LogP contribution in [-0.2, 0) is 13.1 Å². The quantitative estimate of drug-likeness (QED) is 0.811. The van der Waals surface area contributed by atoms with Crippen molar-refractivity contribution in [3.8, 4) is 0 Å². The molecule has 0 spiro atoms. The van der Waals surface area contributed by atoms with Gasteiger partial charge in [0.25, 0.3) is 0 Å². The van der Waals surface area contributed by atoms with E-state index in [1.807, 2.05) is 0 Å². The Bertz CT molecular complexity index is 272. The number of hydrogen-bond acceptors (Lipinski definition) is 4. The Labute approximate surface area is 89.9 Å². The summed E-state index contributed by atoms with van der Waals surface area (Å²) in [5.41, 5.74) is 6.65. The topological polar surface area (TPSA) is 42.1 Å². The fraction of sp³-hybridized carbons (Fsp3) is 0.700. The Morgan fingerprint density at radius 2 is 2.36 bits per heavy atom. The Kier molecular flexibility index (Phi) is 4.51. The van der Waals surface area contributed by atoms with Crippen LogP contribution in [-0.4, -0.2) is 23.0 Å². The molecule has 1 aromatic rings. The van der Waals surface area contributed by atoms with E-state index in [2.05, 4.69) is 36.2 Å². The van der Waals surface area contributed by atoms with E-state index in [4.69, 9.17) is 5.73 Å². The molecule has 2 N–H and O–H groups in total. The maximum Gasteiger partial charge on any atom is 0.106 e. The normalized spacial score (nSPS) is 13.5. The Morgan fingerprint density at radius 1 is 1.64 bits per heavy atom. The van der Waals surface area contributed by atoms with Gasteiger partial charge in [-0.05, 0) is 20.4 Å². The molecule has 0 saturated carbocycles. The van der Waals surface area contributed by atoms with E-state index in [-0.39, 0.29) is 0 Å². The first-order valence-electron chi connectivity index (χ1n) is 5.01. The zero-order valence-corrected chi connectivity index (χ0v) is 9.97. The van der Waals surface area contributed by atoms with Crippen molar-refractivity contribution >= 4 is 11.3 Å². The molecule has 1 atom stereocenters. The monoisotopic (exact) mass is 213 g/mol. The van der Waals surface area contributed by atoms with E-state index in [1.165, 1.54) is 6.42 Å². The van der Waals surface area contributed by atoms with Crippen molar-refractivity contribution in [2.75, 3.05) is 7.05 Å². The third-order valence-electron chi connectivity index (χ3n) is 2.53. The van der Waals surface area contributed by atoms with Crippen molar-refractivity contribution in [3.05, 3.63) is 16.1 Å². The molecule has 4 heteroatoms. The van der Waals surface area contributed by atoms with Crippen LogP contribution in [0.5, 0.6) is 0 Å².